The van der Waals surface area contributed by atoms with Crippen LogP contribution in [0, 0.1) is 0 Å². The topological polar surface area (TPSA) is 49.2 Å². The smallest absolute Gasteiger partial charge is 0.411 e. The van der Waals surface area contributed by atoms with Gasteiger partial charge in [0, 0.05) is 13.0 Å². The molecule has 0 saturated heterocycles. The van der Waals surface area contributed by atoms with Crippen LogP contribution in [-0.2, 0) is 13.0 Å². The van der Waals surface area contributed by atoms with Crippen LogP contribution >= 0.6 is 0 Å². The molecule has 0 atom stereocenters. The van der Waals surface area contributed by atoms with Crippen LogP contribution in [0.15, 0.2) is 9.21 Å². The van der Waals surface area contributed by atoms with E-state index in [4.69, 9.17) is 4.42 Å². The number of likely N-dealkylation sites (N-methyl/N-ethyl adjacent to an activating group) is 1. The van der Waals surface area contributed by atoms with E-state index in [1.807, 2.05) is 7.05 Å². The van der Waals surface area contributed by atoms with E-state index in [9.17, 15) is 4.79 Å². The average molecular weight is 154 g/mol. The number of oxazole rings is 1. The fraction of sp³-hybridized carbons (Fsp3) is 0.571. The van der Waals surface area contributed by atoms with E-state index in [1.54, 1.807) is 0 Å². The minimum atomic E-state index is -0.328. The first-order valence-corrected chi connectivity index (χ1v) is 3.65. The number of hydrogen-bond donors (Lipinski definition) is 1. The van der Waals surface area contributed by atoms with Gasteiger partial charge in [0.15, 0.2) is 0 Å². The highest BCUT2D eigenvalue weighted by atomic mass is 16.4. The van der Waals surface area contributed by atoms with Gasteiger partial charge in [0.05, 0.1) is 12.2 Å². The van der Waals surface area contributed by atoms with E-state index in [-0.39, 0.29) is 5.76 Å². The van der Waals surface area contributed by atoms with E-state index >= 15 is 0 Å². The molecule has 1 aliphatic heterocycles. The Hall–Kier alpha value is -1.03. The molecule has 2 rings (SSSR count). The summed E-state index contributed by atoms with van der Waals surface area (Å²) in [6, 6.07) is 0. The van der Waals surface area contributed by atoms with Crippen LogP contribution in [0.2, 0.25) is 0 Å². The first-order chi connectivity index (χ1) is 5.25. The third kappa shape index (κ3) is 1.09. The highest BCUT2D eigenvalue weighted by molar-refractivity contribution is 5.10. The van der Waals surface area contributed by atoms with Crippen molar-refractivity contribution in [3.63, 3.8) is 0 Å². The molecule has 1 aromatic heterocycles. The Morgan fingerprint density at radius 3 is 3.27 bits per heavy atom. The summed E-state index contributed by atoms with van der Waals surface area (Å²) >= 11 is 0. The monoisotopic (exact) mass is 154 g/mol. The summed E-state index contributed by atoms with van der Waals surface area (Å²) < 4.78 is 4.92. The fourth-order valence-corrected chi connectivity index (χ4v) is 1.35. The van der Waals surface area contributed by atoms with Gasteiger partial charge in [-0.3, -0.25) is 9.88 Å². The predicted octanol–water partition coefficient (Wildman–Crippen LogP) is -0.0442. The highest BCUT2D eigenvalue weighted by Crippen LogP contribution is 2.12. The zero-order valence-electron chi connectivity index (χ0n) is 6.39. The average Bonchev–Trinajstić information content (AvgIpc) is 2.27. The SMILES string of the molecule is CN1CCc2[nH]c(=O)oc2C1. The van der Waals surface area contributed by atoms with Gasteiger partial charge in [0.1, 0.15) is 5.76 Å². The van der Waals surface area contributed by atoms with Crippen molar-refractivity contribution in [3.8, 4) is 0 Å². The maximum absolute atomic E-state index is 10.7. The van der Waals surface area contributed by atoms with Gasteiger partial charge < -0.3 is 4.42 Å². The van der Waals surface area contributed by atoms with E-state index in [0.717, 1.165) is 31.0 Å². The zero-order chi connectivity index (χ0) is 7.84. The molecule has 0 bridgehead atoms. The minimum absolute atomic E-state index is 0.328. The standard InChI is InChI=1S/C7H10N2O2/c1-9-3-2-5-6(4-9)11-7(10)8-5/h2-4H2,1H3,(H,8,10). The van der Waals surface area contributed by atoms with Crippen molar-refractivity contribution in [2.75, 3.05) is 13.6 Å². The van der Waals surface area contributed by atoms with Crippen molar-refractivity contribution in [1.82, 2.24) is 9.88 Å². The molecule has 2 heterocycles. The third-order valence-electron chi connectivity index (χ3n) is 1.96. The quantitative estimate of drug-likeness (QED) is 0.570. The maximum atomic E-state index is 10.7. The number of rotatable bonds is 0. The van der Waals surface area contributed by atoms with E-state index < -0.39 is 0 Å². The second-order valence-corrected chi connectivity index (χ2v) is 2.90. The number of aromatic amines is 1. The molecule has 1 aliphatic rings. The van der Waals surface area contributed by atoms with Gasteiger partial charge in [0.25, 0.3) is 0 Å². The second kappa shape index (κ2) is 2.23. The van der Waals surface area contributed by atoms with Gasteiger partial charge in [-0.2, -0.15) is 0 Å². The summed E-state index contributed by atoms with van der Waals surface area (Å²) in [6.07, 6.45) is 0.886. The van der Waals surface area contributed by atoms with Crippen LogP contribution in [0.4, 0.5) is 0 Å². The van der Waals surface area contributed by atoms with Crippen LogP contribution in [0.5, 0.6) is 0 Å². The number of nitrogens with zero attached hydrogens (tertiary/aromatic N) is 1. The van der Waals surface area contributed by atoms with E-state index in [2.05, 4.69) is 9.88 Å². The van der Waals surface area contributed by atoms with Gasteiger partial charge in [-0.1, -0.05) is 0 Å². The lowest BCUT2D eigenvalue weighted by molar-refractivity contribution is 0.274. The van der Waals surface area contributed by atoms with Crippen LogP contribution < -0.4 is 5.76 Å². The Balaban J connectivity index is 2.41. The molecular formula is C7H10N2O2. The molecule has 0 fully saturated rings. The van der Waals surface area contributed by atoms with Crippen LogP contribution in [-0.4, -0.2) is 23.5 Å². The molecule has 0 amide bonds. The summed E-state index contributed by atoms with van der Waals surface area (Å²) in [7, 11) is 2.01. The van der Waals surface area contributed by atoms with Gasteiger partial charge in [0.2, 0.25) is 0 Å². The molecular weight excluding hydrogens is 144 g/mol. The molecule has 0 radical (unpaired) electrons. The molecule has 0 saturated carbocycles. The molecule has 0 spiro atoms. The molecule has 0 aromatic carbocycles. The van der Waals surface area contributed by atoms with Gasteiger partial charge in [-0.05, 0) is 7.05 Å². The Morgan fingerprint density at radius 1 is 1.64 bits per heavy atom. The number of hydrogen-bond acceptors (Lipinski definition) is 3. The molecule has 11 heavy (non-hydrogen) atoms. The zero-order valence-corrected chi connectivity index (χ0v) is 6.39. The second-order valence-electron chi connectivity index (χ2n) is 2.90. The fourth-order valence-electron chi connectivity index (χ4n) is 1.35. The van der Waals surface area contributed by atoms with Crippen molar-refractivity contribution >= 4 is 0 Å². The van der Waals surface area contributed by atoms with Gasteiger partial charge in [-0.15, -0.1) is 0 Å². The molecule has 1 N–H and O–H groups in total. The lowest BCUT2D eigenvalue weighted by atomic mass is 10.2. The molecule has 1 aromatic rings. The molecule has 4 heteroatoms. The lowest BCUT2D eigenvalue weighted by Crippen LogP contribution is -2.25. The molecule has 60 valence electrons. The summed E-state index contributed by atoms with van der Waals surface area (Å²) in [6.45, 7) is 1.73. The third-order valence-corrected chi connectivity index (χ3v) is 1.96. The van der Waals surface area contributed by atoms with Crippen LogP contribution in [0.3, 0.4) is 0 Å². The van der Waals surface area contributed by atoms with Crippen molar-refractivity contribution in [1.29, 1.82) is 0 Å². The number of fused-ring (bicyclic) bond motifs is 1. The Morgan fingerprint density at radius 2 is 2.45 bits per heavy atom. The predicted molar refractivity (Wildman–Crippen MR) is 39.4 cm³/mol. The van der Waals surface area contributed by atoms with Crippen molar-refractivity contribution in [2.45, 2.75) is 13.0 Å². The lowest BCUT2D eigenvalue weighted by Gasteiger charge is -2.19. The Bertz CT molecular complexity index is 312. The molecule has 0 unspecified atom stereocenters. The molecule has 0 aliphatic carbocycles. The maximum Gasteiger partial charge on any atom is 0.416 e. The van der Waals surface area contributed by atoms with Crippen LogP contribution in [0.25, 0.3) is 0 Å². The normalized spacial score (nSPS) is 18.3. The van der Waals surface area contributed by atoms with Crippen molar-refractivity contribution < 1.29 is 4.42 Å². The number of H-pyrrole nitrogens is 1. The van der Waals surface area contributed by atoms with E-state index in [1.165, 1.54) is 0 Å². The Kier molecular flexibility index (Phi) is 1.35. The Labute approximate surface area is 63.8 Å². The molecule has 4 nitrogen and oxygen atoms in total. The summed E-state index contributed by atoms with van der Waals surface area (Å²) in [5.74, 6) is 0.467. The van der Waals surface area contributed by atoms with Crippen molar-refractivity contribution in [2.24, 2.45) is 0 Å². The van der Waals surface area contributed by atoms with Gasteiger partial charge >= 0.3 is 5.76 Å². The number of nitrogens with one attached hydrogen (secondary N) is 1. The van der Waals surface area contributed by atoms with E-state index in [0.29, 0.717) is 0 Å². The summed E-state index contributed by atoms with van der Waals surface area (Å²) in [4.78, 5) is 15.5. The number of aromatic nitrogens is 1. The summed E-state index contributed by atoms with van der Waals surface area (Å²) in [5, 5.41) is 0. The van der Waals surface area contributed by atoms with Gasteiger partial charge in [-0.25, -0.2) is 4.79 Å². The largest absolute Gasteiger partial charge is 0.416 e. The first kappa shape index (κ1) is 6.67. The van der Waals surface area contributed by atoms with Crippen molar-refractivity contribution in [3.05, 3.63) is 22.0 Å². The highest BCUT2D eigenvalue weighted by Gasteiger charge is 2.17. The van der Waals surface area contributed by atoms with Crippen LogP contribution in [0.1, 0.15) is 11.5 Å². The summed E-state index contributed by atoms with van der Waals surface area (Å²) in [5.41, 5.74) is 0.966. The minimum Gasteiger partial charge on any atom is -0.411 e. The first-order valence-electron chi connectivity index (χ1n) is 3.65.